The Morgan fingerprint density at radius 2 is 1.58 bits per heavy atom. The van der Waals surface area contributed by atoms with E-state index in [-0.39, 0.29) is 12.1 Å². The molecule has 0 bridgehead atoms. The molecule has 0 aromatic carbocycles. The molecule has 0 aliphatic heterocycles. The minimum absolute atomic E-state index is 0.123. The Morgan fingerprint density at radius 1 is 0.923 bits per heavy atom. The molecule has 0 aromatic rings. The highest BCUT2D eigenvalue weighted by molar-refractivity contribution is 7.80. The molecule has 0 saturated carbocycles. The Balaban J connectivity index is 1.69. The van der Waals surface area contributed by atoms with Crippen molar-refractivity contribution in [2.75, 3.05) is 0 Å². The summed E-state index contributed by atoms with van der Waals surface area (Å²) < 4.78 is 0. The highest BCUT2D eigenvalue weighted by atomic mass is 32.1. The van der Waals surface area contributed by atoms with Gasteiger partial charge in [-0.05, 0) is 73.9 Å². The molecule has 3 rings (SSSR count). The summed E-state index contributed by atoms with van der Waals surface area (Å²) in [5, 5.41) is 7.75. The number of hydrogen-bond acceptors (Lipinski definition) is 1. The molecule has 0 amide bonds. The Bertz CT molecular complexity index is 706. The SMILES string of the molecule is CC1C=CC(C(NC(=S)NC(C)C2=CCCC=C2)C2=CCCC=C2)=CC1. The third kappa shape index (κ3) is 5.07. The van der Waals surface area contributed by atoms with Crippen molar-refractivity contribution in [3.05, 3.63) is 71.4 Å². The zero-order chi connectivity index (χ0) is 18.4. The Labute approximate surface area is 163 Å². The van der Waals surface area contributed by atoms with Crippen LogP contribution < -0.4 is 10.6 Å². The van der Waals surface area contributed by atoms with E-state index < -0.39 is 0 Å². The van der Waals surface area contributed by atoms with Crippen molar-refractivity contribution in [1.29, 1.82) is 0 Å². The lowest BCUT2D eigenvalue weighted by Gasteiger charge is -2.28. The van der Waals surface area contributed by atoms with Crippen LogP contribution in [-0.4, -0.2) is 17.2 Å². The van der Waals surface area contributed by atoms with Gasteiger partial charge in [0.05, 0.1) is 12.1 Å². The van der Waals surface area contributed by atoms with Crippen LogP contribution in [0.15, 0.2) is 71.4 Å². The molecule has 3 heteroatoms. The van der Waals surface area contributed by atoms with Gasteiger partial charge in [-0.25, -0.2) is 0 Å². The molecule has 138 valence electrons. The average Bonchev–Trinajstić information content (AvgIpc) is 2.68. The molecule has 2 nitrogen and oxygen atoms in total. The molecular formula is C23H30N2S. The van der Waals surface area contributed by atoms with E-state index in [0.717, 1.165) is 37.2 Å². The van der Waals surface area contributed by atoms with Gasteiger partial charge in [0.2, 0.25) is 0 Å². The van der Waals surface area contributed by atoms with Gasteiger partial charge in [-0.15, -0.1) is 0 Å². The summed E-state index contributed by atoms with van der Waals surface area (Å²) in [6.45, 7) is 4.43. The lowest BCUT2D eigenvalue weighted by atomic mass is 9.89. The molecule has 0 fully saturated rings. The molecule has 2 N–H and O–H groups in total. The summed E-state index contributed by atoms with van der Waals surface area (Å²) in [4.78, 5) is 0. The molecule has 0 aromatic heterocycles. The fourth-order valence-electron chi connectivity index (χ4n) is 3.57. The first kappa shape index (κ1) is 18.9. The second-order valence-electron chi connectivity index (χ2n) is 7.42. The lowest BCUT2D eigenvalue weighted by Crippen LogP contribution is -2.47. The van der Waals surface area contributed by atoms with Gasteiger partial charge in [-0.3, -0.25) is 0 Å². The Kier molecular flexibility index (Phi) is 6.67. The van der Waals surface area contributed by atoms with Crippen molar-refractivity contribution >= 4 is 17.3 Å². The predicted octanol–water partition coefficient (Wildman–Crippen LogP) is 5.28. The normalized spacial score (nSPS) is 24.2. The van der Waals surface area contributed by atoms with Crippen LogP contribution in [0.3, 0.4) is 0 Å². The second kappa shape index (κ2) is 9.18. The number of nitrogens with one attached hydrogen (secondary N) is 2. The van der Waals surface area contributed by atoms with Crippen LogP contribution in [0.2, 0.25) is 0 Å². The minimum Gasteiger partial charge on any atom is -0.356 e. The first-order valence-corrected chi connectivity index (χ1v) is 10.2. The fraction of sp³-hybridized carbons (Fsp3) is 0.435. The van der Waals surface area contributed by atoms with Crippen molar-refractivity contribution in [3.8, 4) is 0 Å². The van der Waals surface area contributed by atoms with Crippen molar-refractivity contribution in [3.63, 3.8) is 0 Å². The van der Waals surface area contributed by atoms with Crippen molar-refractivity contribution in [2.45, 2.75) is 58.0 Å². The quantitative estimate of drug-likeness (QED) is 0.647. The Hall–Kier alpha value is -1.87. The molecule has 3 atom stereocenters. The van der Waals surface area contributed by atoms with Crippen LogP contribution >= 0.6 is 12.2 Å². The zero-order valence-corrected chi connectivity index (χ0v) is 16.7. The van der Waals surface area contributed by atoms with Crippen molar-refractivity contribution < 1.29 is 0 Å². The molecule has 3 aliphatic rings. The lowest BCUT2D eigenvalue weighted by molar-refractivity contribution is 0.693. The zero-order valence-electron chi connectivity index (χ0n) is 15.9. The van der Waals surface area contributed by atoms with Gasteiger partial charge in [-0.2, -0.15) is 0 Å². The molecular weight excluding hydrogens is 336 g/mol. The van der Waals surface area contributed by atoms with E-state index in [2.05, 4.69) is 79.2 Å². The van der Waals surface area contributed by atoms with E-state index in [4.69, 9.17) is 12.2 Å². The third-order valence-electron chi connectivity index (χ3n) is 5.18. The molecule has 3 aliphatic carbocycles. The monoisotopic (exact) mass is 366 g/mol. The summed E-state index contributed by atoms with van der Waals surface area (Å²) >= 11 is 5.66. The third-order valence-corrected chi connectivity index (χ3v) is 5.42. The first-order valence-electron chi connectivity index (χ1n) is 9.82. The van der Waals surface area contributed by atoms with E-state index in [9.17, 15) is 0 Å². The van der Waals surface area contributed by atoms with Gasteiger partial charge in [0.25, 0.3) is 0 Å². The van der Waals surface area contributed by atoms with Crippen LogP contribution in [-0.2, 0) is 0 Å². The molecule has 0 radical (unpaired) electrons. The maximum atomic E-state index is 5.66. The summed E-state index contributed by atoms with van der Waals surface area (Å²) in [5.41, 5.74) is 3.95. The van der Waals surface area contributed by atoms with Crippen LogP contribution in [0, 0.1) is 5.92 Å². The standard InChI is InChI=1S/C23H30N2S/c1-17-13-15-21(16-14-17)22(20-11-7-4-8-12-20)25-23(26)24-18(2)19-9-5-3-6-10-19/h5,7,9-13,15-18,22H,3-4,6,8,14H2,1-2H3,(H2,24,25,26). The van der Waals surface area contributed by atoms with Crippen molar-refractivity contribution in [2.24, 2.45) is 5.92 Å². The number of thiocarbonyl (C=S) groups is 1. The highest BCUT2D eigenvalue weighted by Gasteiger charge is 2.20. The maximum Gasteiger partial charge on any atom is 0.167 e. The van der Waals surface area contributed by atoms with E-state index in [1.54, 1.807) is 0 Å². The van der Waals surface area contributed by atoms with Crippen molar-refractivity contribution in [1.82, 2.24) is 10.6 Å². The minimum atomic E-state index is 0.123. The predicted molar refractivity (Wildman–Crippen MR) is 116 cm³/mol. The molecule has 0 spiro atoms. The number of rotatable bonds is 5. The number of hydrogen-bond donors (Lipinski definition) is 2. The van der Waals surface area contributed by atoms with Crippen LogP contribution in [0.25, 0.3) is 0 Å². The largest absolute Gasteiger partial charge is 0.356 e. The highest BCUT2D eigenvalue weighted by Crippen LogP contribution is 2.25. The van der Waals surface area contributed by atoms with Crippen LogP contribution in [0.1, 0.15) is 46.0 Å². The van der Waals surface area contributed by atoms with Crippen LogP contribution in [0.5, 0.6) is 0 Å². The average molecular weight is 367 g/mol. The molecule has 26 heavy (non-hydrogen) atoms. The van der Waals surface area contributed by atoms with Gasteiger partial charge in [-0.1, -0.05) is 61.6 Å². The van der Waals surface area contributed by atoms with Gasteiger partial charge in [0, 0.05) is 0 Å². The smallest absolute Gasteiger partial charge is 0.167 e. The fourth-order valence-corrected chi connectivity index (χ4v) is 3.87. The molecule has 0 heterocycles. The van der Waals surface area contributed by atoms with Crippen LogP contribution in [0.4, 0.5) is 0 Å². The van der Waals surface area contributed by atoms with Gasteiger partial charge in [0.15, 0.2) is 5.11 Å². The number of allylic oxidation sites excluding steroid dienone is 6. The van der Waals surface area contributed by atoms with E-state index >= 15 is 0 Å². The first-order chi connectivity index (χ1) is 12.6. The summed E-state index contributed by atoms with van der Waals surface area (Å²) in [6, 6.07) is 0.345. The maximum absolute atomic E-state index is 5.66. The van der Waals surface area contributed by atoms with E-state index in [0.29, 0.717) is 5.92 Å². The van der Waals surface area contributed by atoms with Gasteiger partial charge in [0.1, 0.15) is 0 Å². The topological polar surface area (TPSA) is 24.1 Å². The second-order valence-corrected chi connectivity index (χ2v) is 7.82. The summed E-state index contributed by atoms with van der Waals surface area (Å²) in [6.07, 6.45) is 26.1. The Morgan fingerprint density at radius 3 is 2.15 bits per heavy atom. The summed E-state index contributed by atoms with van der Waals surface area (Å²) in [7, 11) is 0. The van der Waals surface area contributed by atoms with Gasteiger partial charge >= 0.3 is 0 Å². The van der Waals surface area contributed by atoms with Gasteiger partial charge < -0.3 is 10.6 Å². The summed E-state index contributed by atoms with van der Waals surface area (Å²) in [5.74, 6) is 0.616. The molecule has 0 saturated heterocycles. The molecule has 3 unspecified atom stereocenters. The van der Waals surface area contributed by atoms with E-state index in [1.165, 1.54) is 16.7 Å². The van der Waals surface area contributed by atoms with E-state index in [1.807, 2.05) is 0 Å².